The van der Waals surface area contributed by atoms with Crippen LogP contribution in [0.4, 0.5) is 0 Å². The van der Waals surface area contributed by atoms with Crippen molar-refractivity contribution in [3.63, 3.8) is 0 Å². The first-order valence-corrected chi connectivity index (χ1v) is 7.76. The maximum absolute atomic E-state index is 9.89. The first-order chi connectivity index (χ1) is 9.95. The van der Waals surface area contributed by atoms with Gasteiger partial charge in [-0.2, -0.15) is 0 Å². The zero-order valence-corrected chi connectivity index (χ0v) is 13.8. The molecule has 0 fully saturated rings. The molecule has 0 heterocycles. The first-order valence-electron chi connectivity index (χ1n) is 7.38. The predicted octanol–water partition coefficient (Wildman–Crippen LogP) is 2.48. The molecule has 21 heavy (non-hydrogen) atoms. The van der Waals surface area contributed by atoms with Crippen molar-refractivity contribution < 1.29 is 14.9 Å². The van der Waals surface area contributed by atoms with Crippen LogP contribution in [-0.2, 0) is 0 Å². The van der Waals surface area contributed by atoms with Crippen LogP contribution in [0.3, 0.4) is 0 Å². The molecule has 0 saturated heterocycles. The molecule has 1 atom stereocenters. The molecule has 0 aliphatic carbocycles. The van der Waals surface area contributed by atoms with Crippen LogP contribution in [0.1, 0.15) is 37.3 Å². The fourth-order valence-electron chi connectivity index (χ4n) is 1.96. The Kier molecular flexibility index (Phi) is 8.04. The van der Waals surface area contributed by atoms with Crippen molar-refractivity contribution in [1.29, 1.82) is 0 Å². The molecular formula is C16H26ClNO3. The van der Waals surface area contributed by atoms with Gasteiger partial charge >= 0.3 is 0 Å². The van der Waals surface area contributed by atoms with Gasteiger partial charge in [0.05, 0.1) is 0 Å². The predicted molar refractivity (Wildman–Crippen MR) is 86.4 cm³/mol. The molecule has 4 nitrogen and oxygen atoms in total. The second kappa shape index (κ2) is 9.26. The highest BCUT2D eigenvalue weighted by atomic mass is 35.5. The number of hydrogen-bond donors (Lipinski definition) is 3. The highest BCUT2D eigenvalue weighted by Crippen LogP contribution is 2.32. The second-order valence-corrected chi connectivity index (χ2v) is 5.95. The average molecular weight is 316 g/mol. The minimum absolute atomic E-state index is 0.154. The normalized spacial score (nSPS) is 12.7. The van der Waals surface area contributed by atoms with Gasteiger partial charge in [-0.15, -0.1) is 0 Å². The SMILES string of the molecule is Cc1cc(OCC(O)CNCCCO)c(C(C)C)cc1Cl. The fraction of sp³-hybridized carbons (Fsp3) is 0.625. The summed E-state index contributed by atoms with van der Waals surface area (Å²) in [4.78, 5) is 0. The van der Waals surface area contributed by atoms with Gasteiger partial charge in [-0.05, 0) is 49.1 Å². The van der Waals surface area contributed by atoms with Crippen LogP contribution >= 0.6 is 11.6 Å². The lowest BCUT2D eigenvalue weighted by Gasteiger charge is -2.18. The van der Waals surface area contributed by atoms with E-state index in [2.05, 4.69) is 19.2 Å². The largest absolute Gasteiger partial charge is 0.491 e. The highest BCUT2D eigenvalue weighted by Gasteiger charge is 2.13. The molecule has 0 aliphatic heterocycles. The highest BCUT2D eigenvalue weighted by molar-refractivity contribution is 6.31. The summed E-state index contributed by atoms with van der Waals surface area (Å²) in [6.07, 6.45) is 0.0984. The minimum atomic E-state index is -0.584. The Morgan fingerprint density at radius 1 is 1.33 bits per heavy atom. The quantitative estimate of drug-likeness (QED) is 0.613. The van der Waals surface area contributed by atoms with Crippen LogP contribution < -0.4 is 10.1 Å². The molecule has 0 bridgehead atoms. The molecule has 3 N–H and O–H groups in total. The van der Waals surface area contributed by atoms with Crippen LogP contribution in [0.2, 0.25) is 5.02 Å². The van der Waals surface area contributed by atoms with Crippen LogP contribution in [-0.4, -0.2) is 42.6 Å². The fourth-order valence-corrected chi connectivity index (χ4v) is 2.14. The van der Waals surface area contributed by atoms with E-state index in [1.807, 2.05) is 19.1 Å². The van der Waals surface area contributed by atoms with E-state index >= 15 is 0 Å². The zero-order valence-electron chi connectivity index (χ0n) is 13.0. The Bertz CT molecular complexity index is 438. The van der Waals surface area contributed by atoms with Gasteiger partial charge in [-0.1, -0.05) is 25.4 Å². The monoisotopic (exact) mass is 315 g/mol. The third-order valence-corrected chi connectivity index (χ3v) is 3.64. The van der Waals surface area contributed by atoms with Gasteiger partial charge in [-0.3, -0.25) is 0 Å². The van der Waals surface area contributed by atoms with E-state index in [-0.39, 0.29) is 13.2 Å². The van der Waals surface area contributed by atoms with E-state index in [1.54, 1.807) is 0 Å². The van der Waals surface area contributed by atoms with Gasteiger partial charge < -0.3 is 20.3 Å². The van der Waals surface area contributed by atoms with Crippen LogP contribution in [0.5, 0.6) is 5.75 Å². The molecule has 1 rings (SSSR count). The standard InChI is InChI=1S/C16H26ClNO3/c1-11(2)14-8-15(17)12(3)7-16(14)21-10-13(20)9-18-5-4-6-19/h7-8,11,13,18-20H,4-6,9-10H2,1-3H3. The van der Waals surface area contributed by atoms with E-state index < -0.39 is 6.10 Å². The van der Waals surface area contributed by atoms with E-state index in [1.165, 1.54) is 0 Å². The first kappa shape index (κ1) is 18.2. The van der Waals surface area contributed by atoms with Crippen LogP contribution in [0, 0.1) is 6.92 Å². The maximum atomic E-state index is 9.89. The van der Waals surface area contributed by atoms with Crippen molar-refractivity contribution in [2.24, 2.45) is 0 Å². The Labute approximate surface area is 132 Å². The number of rotatable bonds is 9. The average Bonchev–Trinajstić information content (AvgIpc) is 2.44. The summed E-state index contributed by atoms with van der Waals surface area (Å²) < 4.78 is 5.76. The number of aryl methyl sites for hydroxylation is 1. The summed E-state index contributed by atoms with van der Waals surface area (Å²) >= 11 is 6.16. The smallest absolute Gasteiger partial charge is 0.123 e. The third kappa shape index (κ3) is 6.22. The summed E-state index contributed by atoms with van der Waals surface area (Å²) in [5.74, 6) is 1.08. The Morgan fingerprint density at radius 2 is 2.05 bits per heavy atom. The van der Waals surface area contributed by atoms with Crippen LogP contribution in [0.25, 0.3) is 0 Å². The summed E-state index contributed by atoms with van der Waals surface area (Å²) in [5, 5.41) is 22.4. The number of ether oxygens (including phenoxy) is 1. The number of aliphatic hydroxyl groups is 2. The molecule has 0 aliphatic rings. The van der Waals surface area contributed by atoms with Crippen molar-refractivity contribution in [2.45, 2.75) is 39.2 Å². The minimum Gasteiger partial charge on any atom is -0.491 e. The molecule has 120 valence electrons. The summed E-state index contributed by atoms with van der Waals surface area (Å²) in [5.41, 5.74) is 2.01. The Balaban J connectivity index is 2.56. The van der Waals surface area contributed by atoms with Gasteiger partial charge in [0.25, 0.3) is 0 Å². The zero-order chi connectivity index (χ0) is 15.8. The van der Waals surface area contributed by atoms with Crippen molar-refractivity contribution in [2.75, 3.05) is 26.3 Å². The molecule has 5 heteroatoms. The Morgan fingerprint density at radius 3 is 2.67 bits per heavy atom. The van der Waals surface area contributed by atoms with E-state index in [0.29, 0.717) is 25.4 Å². The van der Waals surface area contributed by atoms with Gasteiger partial charge in [0, 0.05) is 18.2 Å². The molecule has 0 spiro atoms. The molecule has 0 aromatic heterocycles. The molecule has 1 unspecified atom stereocenters. The summed E-state index contributed by atoms with van der Waals surface area (Å²) in [7, 11) is 0. The lowest BCUT2D eigenvalue weighted by atomic mass is 10.0. The van der Waals surface area contributed by atoms with E-state index in [9.17, 15) is 5.11 Å². The molecule has 0 amide bonds. The number of benzene rings is 1. The van der Waals surface area contributed by atoms with Crippen molar-refractivity contribution in [1.82, 2.24) is 5.32 Å². The van der Waals surface area contributed by atoms with E-state index in [0.717, 1.165) is 21.9 Å². The van der Waals surface area contributed by atoms with Gasteiger partial charge in [-0.25, -0.2) is 0 Å². The van der Waals surface area contributed by atoms with Gasteiger partial charge in [0.2, 0.25) is 0 Å². The lowest BCUT2D eigenvalue weighted by molar-refractivity contribution is 0.105. The number of hydrogen-bond acceptors (Lipinski definition) is 4. The number of nitrogens with one attached hydrogen (secondary N) is 1. The maximum Gasteiger partial charge on any atom is 0.123 e. The number of halogens is 1. The Hall–Kier alpha value is -0.810. The molecular weight excluding hydrogens is 290 g/mol. The third-order valence-electron chi connectivity index (χ3n) is 3.24. The molecule has 0 radical (unpaired) electrons. The summed E-state index contributed by atoms with van der Waals surface area (Å²) in [6.45, 7) is 7.62. The van der Waals surface area contributed by atoms with Gasteiger partial charge in [0.1, 0.15) is 18.5 Å². The van der Waals surface area contributed by atoms with Crippen molar-refractivity contribution in [3.8, 4) is 5.75 Å². The van der Waals surface area contributed by atoms with Crippen molar-refractivity contribution >= 4 is 11.6 Å². The van der Waals surface area contributed by atoms with Crippen molar-refractivity contribution in [3.05, 3.63) is 28.3 Å². The molecule has 0 saturated carbocycles. The van der Waals surface area contributed by atoms with E-state index in [4.69, 9.17) is 21.4 Å². The summed E-state index contributed by atoms with van der Waals surface area (Å²) in [6, 6.07) is 3.85. The number of aliphatic hydroxyl groups excluding tert-OH is 2. The van der Waals surface area contributed by atoms with Crippen LogP contribution in [0.15, 0.2) is 12.1 Å². The lowest BCUT2D eigenvalue weighted by Crippen LogP contribution is -2.32. The second-order valence-electron chi connectivity index (χ2n) is 5.54. The van der Waals surface area contributed by atoms with Gasteiger partial charge in [0.15, 0.2) is 0 Å². The molecule has 1 aromatic rings. The topological polar surface area (TPSA) is 61.7 Å². The molecule has 1 aromatic carbocycles.